The molecule has 1 aromatic carbocycles. The molecule has 0 aliphatic carbocycles. The van der Waals surface area contributed by atoms with E-state index in [0.29, 0.717) is 0 Å². The zero-order chi connectivity index (χ0) is 14.5. The Labute approximate surface area is 116 Å². The van der Waals surface area contributed by atoms with Gasteiger partial charge in [-0.2, -0.15) is 5.26 Å². The van der Waals surface area contributed by atoms with Crippen LogP contribution < -0.4 is 4.72 Å². The molecule has 19 heavy (non-hydrogen) atoms. The number of carbonyl (C=O) groups excluding carboxylic acids is 1. The predicted molar refractivity (Wildman–Crippen MR) is 68.0 cm³/mol. The van der Waals surface area contributed by atoms with Gasteiger partial charge in [-0.1, -0.05) is 11.6 Å². The molecule has 0 saturated heterocycles. The number of benzene rings is 1. The monoisotopic (exact) mass is 302 g/mol. The van der Waals surface area contributed by atoms with Crippen LogP contribution in [0.4, 0.5) is 0 Å². The van der Waals surface area contributed by atoms with Crippen molar-refractivity contribution in [3.63, 3.8) is 0 Å². The Morgan fingerprint density at radius 1 is 1.53 bits per heavy atom. The molecule has 0 spiro atoms. The number of hydrogen-bond donors (Lipinski definition) is 1. The average molecular weight is 303 g/mol. The zero-order valence-electron chi connectivity index (χ0n) is 10.0. The normalized spacial score (nSPS) is 10.8. The molecule has 0 aliphatic rings. The summed E-state index contributed by atoms with van der Waals surface area (Å²) in [6, 6.07) is 5.60. The van der Waals surface area contributed by atoms with Gasteiger partial charge in [-0.25, -0.2) is 13.1 Å². The van der Waals surface area contributed by atoms with Gasteiger partial charge in [-0.3, -0.25) is 4.79 Å². The highest BCUT2D eigenvalue weighted by Gasteiger charge is 2.15. The van der Waals surface area contributed by atoms with Crippen LogP contribution in [0.1, 0.15) is 12.0 Å². The van der Waals surface area contributed by atoms with Crippen molar-refractivity contribution in [3.05, 3.63) is 28.8 Å². The van der Waals surface area contributed by atoms with E-state index in [4.69, 9.17) is 16.9 Å². The summed E-state index contributed by atoms with van der Waals surface area (Å²) in [5.74, 6) is -0.513. The van der Waals surface area contributed by atoms with Gasteiger partial charge in [0.2, 0.25) is 10.0 Å². The van der Waals surface area contributed by atoms with E-state index in [1.54, 1.807) is 0 Å². The van der Waals surface area contributed by atoms with Crippen LogP contribution >= 0.6 is 11.6 Å². The lowest BCUT2D eigenvalue weighted by Gasteiger charge is -2.06. The van der Waals surface area contributed by atoms with Crippen molar-refractivity contribution < 1.29 is 17.9 Å². The minimum absolute atomic E-state index is 0.0540. The summed E-state index contributed by atoms with van der Waals surface area (Å²) in [7, 11) is -2.54. The minimum Gasteiger partial charge on any atom is -0.469 e. The van der Waals surface area contributed by atoms with Crippen LogP contribution in [-0.4, -0.2) is 28.0 Å². The van der Waals surface area contributed by atoms with Crippen LogP contribution in [0.5, 0.6) is 0 Å². The van der Waals surface area contributed by atoms with Crippen LogP contribution in [0.15, 0.2) is 23.1 Å². The van der Waals surface area contributed by atoms with Crippen molar-refractivity contribution in [3.8, 4) is 6.07 Å². The molecule has 1 rings (SSSR count). The van der Waals surface area contributed by atoms with Crippen LogP contribution in [0, 0.1) is 11.3 Å². The number of sulfonamides is 1. The third kappa shape index (κ3) is 4.21. The van der Waals surface area contributed by atoms with Gasteiger partial charge in [0.05, 0.1) is 29.0 Å². The van der Waals surface area contributed by atoms with Crippen molar-refractivity contribution >= 4 is 27.6 Å². The summed E-state index contributed by atoms with van der Waals surface area (Å²) in [4.78, 5) is 10.8. The maximum Gasteiger partial charge on any atom is 0.306 e. The lowest BCUT2D eigenvalue weighted by Crippen LogP contribution is -2.26. The molecule has 1 N–H and O–H groups in total. The molecule has 6 nitrogen and oxygen atoms in total. The number of halogens is 1. The number of nitriles is 1. The van der Waals surface area contributed by atoms with Gasteiger partial charge in [-0.05, 0) is 18.2 Å². The van der Waals surface area contributed by atoms with Crippen molar-refractivity contribution in [2.45, 2.75) is 11.3 Å². The number of nitrogens with zero attached hydrogens (tertiary/aromatic N) is 1. The van der Waals surface area contributed by atoms with Gasteiger partial charge < -0.3 is 4.74 Å². The number of methoxy groups -OCH3 is 1. The second-order valence-corrected chi connectivity index (χ2v) is 5.65. The third-order valence-corrected chi connectivity index (χ3v) is 3.99. The van der Waals surface area contributed by atoms with Crippen molar-refractivity contribution in [2.24, 2.45) is 0 Å². The molecule has 0 saturated carbocycles. The van der Waals surface area contributed by atoms with Gasteiger partial charge in [-0.15, -0.1) is 0 Å². The van der Waals surface area contributed by atoms with Crippen LogP contribution in [0.2, 0.25) is 5.02 Å². The first-order valence-corrected chi connectivity index (χ1v) is 7.03. The van der Waals surface area contributed by atoms with Gasteiger partial charge in [0.1, 0.15) is 6.07 Å². The zero-order valence-corrected chi connectivity index (χ0v) is 11.6. The summed E-state index contributed by atoms with van der Waals surface area (Å²) in [6.07, 6.45) is -0.0697. The molecule has 102 valence electrons. The first kappa shape index (κ1) is 15.4. The average Bonchev–Trinajstić information content (AvgIpc) is 2.38. The van der Waals surface area contributed by atoms with Gasteiger partial charge in [0, 0.05) is 6.54 Å². The highest BCUT2D eigenvalue weighted by molar-refractivity contribution is 7.89. The fraction of sp³-hybridized carbons (Fsp3) is 0.273. The Morgan fingerprint density at radius 3 is 2.74 bits per heavy atom. The highest BCUT2D eigenvalue weighted by Crippen LogP contribution is 2.19. The molecule has 0 atom stereocenters. The molecular formula is C11H11ClN2O4S. The first-order chi connectivity index (χ1) is 8.90. The van der Waals surface area contributed by atoms with Gasteiger partial charge in [0.25, 0.3) is 0 Å². The molecular weight excluding hydrogens is 292 g/mol. The van der Waals surface area contributed by atoms with Crippen LogP contribution in [-0.2, 0) is 19.6 Å². The predicted octanol–water partition coefficient (Wildman–Crippen LogP) is 1.05. The van der Waals surface area contributed by atoms with E-state index >= 15 is 0 Å². The fourth-order valence-corrected chi connectivity index (χ4v) is 2.57. The Kier molecular flexibility index (Phi) is 5.30. The standard InChI is InChI=1S/C11H11ClN2O4S/c1-18-11(15)4-5-14-19(16,17)9-3-2-8(7-13)10(12)6-9/h2-3,6,14H,4-5H2,1H3. The summed E-state index contributed by atoms with van der Waals surface area (Å²) < 4.78 is 30.3. The molecule has 0 aromatic heterocycles. The number of nitrogens with one attached hydrogen (secondary N) is 1. The largest absolute Gasteiger partial charge is 0.469 e. The van der Waals surface area contributed by atoms with Crippen molar-refractivity contribution in [1.29, 1.82) is 5.26 Å². The second-order valence-electron chi connectivity index (χ2n) is 3.48. The Bertz CT molecular complexity index is 622. The maximum atomic E-state index is 11.8. The fourth-order valence-electron chi connectivity index (χ4n) is 1.23. The summed E-state index contributed by atoms with van der Waals surface area (Å²) in [5, 5.41) is 8.74. The van der Waals surface area contributed by atoms with E-state index in [9.17, 15) is 13.2 Å². The Balaban J connectivity index is 2.81. The molecule has 0 amide bonds. The molecule has 8 heteroatoms. The number of ether oxygens (including phenoxy) is 1. The summed E-state index contributed by atoms with van der Waals surface area (Å²) >= 11 is 5.75. The Hall–Kier alpha value is -1.62. The molecule has 0 aliphatic heterocycles. The van der Waals surface area contributed by atoms with E-state index < -0.39 is 16.0 Å². The maximum absolute atomic E-state index is 11.8. The molecule has 0 bridgehead atoms. The molecule has 0 fully saturated rings. The van der Waals surface area contributed by atoms with E-state index in [2.05, 4.69) is 9.46 Å². The van der Waals surface area contributed by atoms with E-state index in [-0.39, 0.29) is 28.4 Å². The topological polar surface area (TPSA) is 96.3 Å². The Morgan fingerprint density at radius 2 is 2.21 bits per heavy atom. The lowest BCUT2D eigenvalue weighted by molar-refractivity contribution is -0.140. The van der Waals surface area contributed by atoms with Crippen LogP contribution in [0.25, 0.3) is 0 Å². The van der Waals surface area contributed by atoms with E-state index in [1.807, 2.05) is 6.07 Å². The number of rotatable bonds is 5. The smallest absolute Gasteiger partial charge is 0.306 e. The summed E-state index contributed by atoms with van der Waals surface area (Å²) in [5.41, 5.74) is 0.190. The minimum atomic E-state index is -3.76. The number of hydrogen-bond acceptors (Lipinski definition) is 5. The molecule has 0 heterocycles. The molecule has 0 unspecified atom stereocenters. The van der Waals surface area contributed by atoms with E-state index in [1.165, 1.54) is 25.3 Å². The lowest BCUT2D eigenvalue weighted by atomic mass is 10.2. The quantitative estimate of drug-likeness (QED) is 0.820. The number of esters is 1. The first-order valence-electron chi connectivity index (χ1n) is 5.17. The van der Waals surface area contributed by atoms with Gasteiger partial charge in [0.15, 0.2) is 0 Å². The van der Waals surface area contributed by atoms with E-state index in [0.717, 1.165) is 0 Å². The summed E-state index contributed by atoms with van der Waals surface area (Å²) in [6.45, 7) is -0.0768. The SMILES string of the molecule is COC(=O)CCNS(=O)(=O)c1ccc(C#N)c(Cl)c1. The molecule has 1 aromatic rings. The second kappa shape index (κ2) is 6.52. The molecule has 0 radical (unpaired) electrons. The van der Waals surface area contributed by atoms with Crippen molar-refractivity contribution in [2.75, 3.05) is 13.7 Å². The highest BCUT2D eigenvalue weighted by atomic mass is 35.5. The number of carbonyl (C=O) groups is 1. The third-order valence-electron chi connectivity index (χ3n) is 2.22. The van der Waals surface area contributed by atoms with Crippen molar-refractivity contribution in [1.82, 2.24) is 4.72 Å². The van der Waals surface area contributed by atoms with Crippen LogP contribution in [0.3, 0.4) is 0 Å². The van der Waals surface area contributed by atoms with Gasteiger partial charge >= 0.3 is 5.97 Å².